The highest BCUT2D eigenvalue weighted by Gasteiger charge is 2.23. The second kappa shape index (κ2) is 3.43. The Morgan fingerprint density at radius 2 is 2.46 bits per heavy atom. The van der Waals surface area contributed by atoms with Gasteiger partial charge in [0.15, 0.2) is 5.82 Å². The van der Waals surface area contributed by atoms with Crippen LogP contribution in [-0.2, 0) is 18.4 Å². The predicted molar refractivity (Wildman–Crippen MR) is 45.1 cm³/mol. The summed E-state index contributed by atoms with van der Waals surface area (Å²) < 4.78 is 7.11. The molecule has 5 nitrogen and oxygen atoms in total. The molecular formula is C8H13N3O2. The molecule has 0 aliphatic carbocycles. The number of rotatable bonds is 2. The van der Waals surface area contributed by atoms with E-state index in [4.69, 9.17) is 9.84 Å². The molecule has 1 fully saturated rings. The lowest BCUT2D eigenvalue weighted by Crippen LogP contribution is -2.08. The van der Waals surface area contributed by atoms with Gasteiger partial charge in [-0.15, -0.1) is 10.2 Å². The fourth-order valence-electron chi connectivity index (χ4n) is 1.61. The molecule has 0 radical (unpaired) electrons. The minimum absolute atomic E-state index is 0.0585. The van der Waals surface area contributed by atoms with Crippen molar-refractivity contribution in [2.45, 2.75) is 18.9 Å². The Kier molecular flexibility index (Phi) is 2.28. The maximum absolute atomic E-state index is 8.92. The fourth-order valence-corrected chi connectivity index (χ4v) is 1.61. The Labute approximate surface area is 76.3 Å². The molecule has 1 aromatic heterocycles. The van der Waals surface area contributed by atoms with Crippen molar-refractivity contribution >= 4 is 0 Å². The Bertz CT molecular complexity index is 292. The van der Waals surface area contributed by atoms with Crippen LogP contribution in [0.1, 0.15) is 24.0 Å². The van der Waals surface area contributed by atoms with Gasteiger partial charge in [-0.25, -0.2) is 0 Å². The van der Waals surface area contributed by atoms with E-state index in [0.717, 1.165) is 25.5 Å². The summed E-state index contributed by atoms with van der Waals surface area (Å²) in [6, 6.07) is 0. The Morgan fingerprint density at radius 3 is 3.00 bits per heavy atom. The first-order valence-electron chi connectivity index (χ1n) is 4.39. The van der Waals surface area contributed by atoms with Crippen molar-refractivity contribution in [2.24, 2.45) is 7.05 Å². The van der Waals surface area contributed by atoms with Gasteiger partial charge in [-0.1, -0.05) is 0 Å². The normalized spacial score (nSPS) is 22.5. The molecule has 0 spiro atoms. The predicted octanol–water partition coefficient (Wildman–Crippen LogP) is -0.189. The van der Waals surface area contributed by atoms with Crippen LogP contribution in [0.4, 0.5) is 0 Å². The van der Waals surface area contributed by atoms with Crippen LogP contribution in [0.15, 0.2) is 0 Å². The summed E-state index contributed by atoms with van der Waals surface area (Å²) in [6.45, 7) is 1.46. The van der Waals surface area contributed by atoms with Crippen molar-refractivity contribution in [1.82, 2.24) is 14.8 Å². The molecule has 1 unspecified atom stereocenters. The molecule has 0 bridgehead atoms. The van der Waals surface area contributed by atoms with Gasteiger partial charge in [-0.05, 0) is 6.42 Å². The fraction of sp³-hybridized carbons (Fsp3) is 0.750. The Morgan fingerprint density at radius 1 is 1.62 bits per heavy atom. The van der Waals surface area contributed by atoms with Gasteiger partial charge in [0.05, 0.1) is 6.61 Å². The SMILES string of the molecule is Cn1c(CO)nnc1C1CCOC1. The highest BCUT2D eigenvalue weighted by atomic mass is 16.5. The van der Waals surface area contributed by atoms with Crippen molar-refractivity contribution in [3.05, 3.63) is 11.6 Å². The third-order valence-electron chi connectivity index (χ3n) is 2.43. The molecule has 1 aliphatic rings. The molecular weight excluding hydrogens is 170 g/mol. The summed E-state index contributed by atoms with van der Waals surface area (Å²) in [5.74, 6) is 1.88. The minimum Gasteiger partial charge on any atom is -0.388 e. The van der Waals surface area contributed by atoms with E-state index in [0.29, 0.717) is 11.7 Å². The van der Waals surface area contributed by atoms with E-state index in [-0.39, 0.29) is 6.61 Å². The van der Waals surface area contributed by atoms with E-state index >= 15 is 0 Å². The molecule has 5 heteroatoms. The van der Waals surface area contributed by atoms with E-state index in [1.807, 2.05) is 11.6 Å². The van der Waals surface area contributed by atoms with Crippen molar-refractivity contribution in [1.29, 1.82) is 0 Å². The third-order valence-corrected chi connectivity index (χ3v) is 2.43. The van der Waals surface area contributed by atoms with Crippen LogP contribution in [-0.4, -0.2) is 33.1 Å². The minimum atomic E-state index is -0.0585. The summed E-state index contributed by atoms with van der Waals surface area (Å²) >= 11 is 0. The van der Waals surface area contributed by atoms with Crippen LogP contribution < -0.4 is 0 Å². The zero-order valence-corrected chi connectivity index (χ0v) is 7.60. The first kappa shape index (κ1) is 8.65. The number of hydrogen-bond donors (Lipinski definition) is 1. The number of nitrogens with zero attached hydrogens (tertiary/aromatic N) is 3. The van der Waals surface area contributed by atoms with Crippen LogP contribution in [0.2, 0.25) is 0 Å². The van der Waals surface area contributed by atoms with Crippen LogP contribution in [0.5, 0.6) is 0 Å². The summed E-state index contributed by atoms with van der Waals surface area (Å²) in [6.07, 6.45) is 0.997. The van der Waals surface area contributed by atoms with E-state index in [2.05, 4.69) is 10.2 Å². The molecule has 0 aromatic carbocycles. The lowest BCUT2D eigenvalue weighted by atomic mass is 10.1. The molecule has 13 heavy (non-hydrogen) atoms. The quantitative estimate of drug-likeness (QED) is 0.690. The van der Waals surface area contributed by atoms with Gasteiger partial charge in [0.25, 0.3) is 0 Å². The molecule has 72 valence electrons. The van der Waals surface area contributed by atoms with E-state index in [9.17, 15) is 0 Å². The average Bonchev–Trinajstić information content (AvgIpc) is 2.72. The summed E-state index contributed by atoms with van der Waals surface area (Å²) in [7, 11) is 1.87. The zero-order chi connectivity index (χ0) is 9.26. The topological polar surface area (TPSA) is 60.2 Å². The molecule has 1 saturated heterocycles. The van der Waals surface area contributed by atoms with Crippen LogP contribution in [0, 0.1) is 0 Å². The maximum Gasteiger partial charge on any atom is 0.158 e. The van der Waals surface area contributed by atoms with Gasteiger partial charge >= 0.3 is 0 Å². The molecule has 0 amide bonds. The van der Waals surface area contributed by atoms with Gasteiger partial charge in [0, 0.05) is 19.6 Å². The number of aromatic nitrogens is 3. The highest BCUT2D eigenvalue weighted by molar-refractivity contribution is 5.02. The van der Waals surface area contributed by atoms with Crippen molar-refractivity contribution in [2.75, 3.05) is 13.2 Å². The molecule has 0 saturated carbocycles. The summed E-state index contributed by atoms with van der Waals surface area (Å²) in [5.41, 5.74) is 0. The lowest BCUT2D eigenvalue weighted by Gasteiger charge is -2.06. The number of hydrogen-bond acceptors (Lipinski definition) is 4. The molecule has 1 aromatic rings. The number of ether oxygens (including phenoxy) is 1. The zero-order valence-electron chi connectivity index (χ0n) is 7.60. The monoisotopic (exact) mass is 183 g/mol. The van der Waals surface area contributed by atoms with Gasteiger partial charge < -0.3 is 14.4 Å². The molecule has 1 atom stereocenters. The highest BCUT2D eigenvalue weighted by Crippen LogP contribution is 2.23. The third kappa shape index (κ3) is 1.45. The second-order valence-electron chi connectivity index (χ2n) is 3.25. The van der Waals surface area contributed by atoms with E-state index < -0.39 is 0 Å². The van der Waals surface area contributed by atoms with Crippen molar-refractivity contribution in [3.63, 3.8) is 0 Å². The van der Waals surface area contributed by atoms with Crippen LogP contribution >= 0.6 is 0 Å². The number of aliphatic hydroxyl groups excluding tert-OH is 1. The van der Waals surface area contributed by atoms with Crippen LogP contribution in [0.25, 0.3) is 0 Å². The van der Waals surface area contributed by atoms with Gasteiger partial charge in [-0.2, -0.15) is 0 Å². The van der Waals surface area contributed by atoms with Gasteiger partial charge in [0.1, 0.15) is 12.4 Å². The largest absolute Gasteiger partial charge is 0.388 e. The molecule has 2 heterocycles. The maximum atomic E-state index is 8.92. The number of aliphatic hydroxyl groups is 1. The van der Waals surface area contributed by atoms with Crippen molar-refractivity contribution in [3.8, 4) is 0 Å². The summed E-state index contributed by atoms with van der Waals surface area (Å²) in [5, 5.41) is 16.8. The lowest BCUT2D eigenvalue weighted by molar-refractivity contribution is 0.192. The van der Waals surface area contributed by atoms with Gasteiger partial charge in [-0.3, -0.25) is 0 Å². The van der Waals surface area contributed by atoms with Gasteiger partial charge in [0.2, 0.25) is 0 Å². The van der Waals surface area contributed by atoms with E-state index in [1.165, 1.54) is 0 Å². The standard InChI is InChI=1S/C8H13N3O2/c1-11-7(4-12)9-10-8(11)6-2-3-13-5-6/h6,12H,2-5H2,1H3. The average molecular weight is 183 g/mol. The van der Waals surface area contributed by atoms with E-state index in [1.54, 1.807) is 0 Å². The smallest absolute Gasteiger partial charge is 0.158 e. The first-order chi connectivity index (χ1) is 6.33. The Hall–Kier alpha value is -0.940. The van der Waals surface area contributed by atoms with Crippen LogP contribution in [0.3, 0.4) is 0 Å². The molecule has 1 N–H and O–H groups in total. The molecule has 2 rings (SSSR count). The van der Waals surface area contributed by atoms with Crippen molar-refractivity contribution < 1.29 is 9.84 Å². The molecule has 1 aliphatic heterocycles. The first-order valence-corrected chi connectivity index (χ1v) is 4.39. The Balaban J connectivity index is 2.24. The summed E-state index contributed by atoms with van der Waals surface area (Å²) in [4.78, 5) is 0. The second-order valence-corrected chi connectivity index (χ2v) is 3.25.